The van der Waals surface area contributed by atoms with E-state index in [2.05, 4.69) is 13.8 Å². The Labute approximate surface area is 169 Å². The Hall–Kier alpha value is -3.08. The molecular formula is C24H23FN2O2. The SMILES string of the molecule is CCC(C)Cc1nc2cc(F)ccc2cc1[C@H](C)N1C(=O)c2ccccc2C1=O. The van der Waals surface area contributed by atoms with Crippen molar-refractivity contribution in [3.63, 3.8) is 0 Å². The van der Waals surface area contributed by atoms with Gasteiger partial charge in [-0.3, -0.25) is 19.5 Å². The van der Waals surface area contributed by atoms with Crippen molar-refractivity contribution in [2.24, 2.45) is 5.92 Å². The van der Waals surface area contributed by atoms with E-state index < -0.39 is 6.04 Å². The number of aromatic nitrogens is 1. The third kappa shape index (κ3) is 3.31. The number of hydrogen-bond acceptors (Lipinski definition) is 3. The number of imide groups is 1. The lowest BCUT2D eigenvalue weighted by atomic mass is 9.94. The first kappa shape index (κ1) is 19.2. The highest BCUT2D eigenvalue weighted by molar-refractivity contribution is 6.21. The van der Waals surface area contributed by atoms with E-state index in [-0.39, 0.29) is 17.6 Å². The smallest absolute Gasteiger partial charge is 0.262 e. The fraction of sp³-hybridized carbons (Fsp3) is 0.292. The molecule has 0 spiro atoms. The van der Waals surface area contributed by atoms with Crippen molar-refractivity contribution in [3.8, 4) is 0 Å². The van der Waals surface area contributed by atoms with Gasteiger partial charge in [-0.25, -0.2) is 4.39 Å². The van der Waals surface area contributed by atoms with Gasteiger partial charge >= 0.3 is 0 Å². The molecule has 1 aliphatic rings. The molecule has 3 aromatic rings. The van der Waals surface area contributed by atoms with Crippen molar-refractivity contribution >= 4 is 22.7 Å². The average Bonchev–Trinajstić information content (AvgIpc) is 2.97. The van der Waals surface area contributed by atoms with E-state index in [0.717, 1.165) is 23.1 Å². The first-order valence-electron chi connectivity index (χ1n) is 9.96. The van der Waals surface area contributed by atoms with Gasteiger partial charge < -0.3 is 0 Å². The van der Waals surface area contributed by atoms with Crippen molar-refractivity contribution < 1.29 is 14.0 Å². The van der Waals surface area contributed by atoms with Crippen LogP contribution >= 0.6 is 0 Å². The molecule has 0 bridgehead atoms. The number of benzene rings is 2. The third-order valence-electron chi connectivity index (χ3n) is 5.79. The second kappa shape index (κ2) is 7.39. The van der Waals surface area contributed by atoms with E-state index in [1.807, 2.05) is 13.0 Å². The summed E-state index contributed by atoms with van der Waals surface area (Å²) < 4.78 is 13.7. The number of carbonyl (C=O) groups excluding carboxylic acids is 2. The van der Waals surface area contributed by atoms with Crippen LogP contribution in [0.2, 0.25) is 0 Å². The normalized spacial score (nSPS) is 15.7. The van der Waals surface area contributed by atoms with E-state index in [0.29, 0.717) is 29.0 Å². The van der Waals surface area contributed by atoms with E-state index in [9.17, 15) is 14.0 Å². The Morgan fingerprint density at radius 3 is 2.28 bits per heavy atom. The van der Waals surface area contributed by atoms with Crippen molar-refractivity contribution in [2.45, 2.75) is 39.7 Å². The average molecular weight is 390 g/mol. The quantitative estimate of drug-likeness (QED) is 0.554. The molecule has 4 rings (SSSR count). The van der Waals surface area contributed by atoms with Gasteiger partial charge in [0.15, 0.2) is 0 Å². The van der Waals surface area contributed by atoms with Gasteiger partial charge in [-0.05, 0) is 55.2 Å². The molecule has 0 aliphatic carbocycles. The summed E-state index contributed by atoms with van der Waals surface area (Å²) in [6, 6.07) is 12.9. The summed E-state index contributed by atoms with van der Waals surface area (Å²) in [4.78, 5) is 32.0. The minimum Gasteiger partial charge on any atom is -0.269 e. The number of carbonyl (C=O) groups is 2. The Morgan fingerprint density at radius 2 is 1.66 bits per heavy atom. The van der Waals surface area contributed by atoms with E-state index in [1.54, 1.807) is 30.3 Å². The standard InChI is InChI=1S/C24H23FN2O2/c1-4-14(2)11-22-20(12-16-9-10-17(25)13-21(16)26-22)15(3)27-23(28)18-7-5-6-8-19(18)24(27)29/h5-10,12-15H,4,11H2,1-3H3/t14?,15-/m0/s1. The Kier molecular flexibility index (Phi) is 4.91. The lowest BCUT2D eigenvalue weighted by Crippen LogP contribution is -2.33. The highest BCUT2D eigenvalue weighted by atomic mass is 19.1. The molecule has 2 atom stereocenters. The molecule has 5 heteroatoms. The minimum atomic E-state index is -0.469. The highest BCUT2D eigenvalue weighted by Crippen LogP contribution is 2.34. The molecule has 1 aliphatic heterocycles. The highest BCUT2D eigenvalue weighted by Gasteiger charge is 2.39. The molecule has 29 heavy (non-hydrogen) atoms. The molecule has 2 amide bonds. The summed E-state index contributed by atoms with van der Waals surface area (Å²) in [5, 5.41) is 0.790. The number of amides is 2. The van der Waals surface area contributed by atoms with Gasteiger partial charge in [0.05, 0.1) is 22.7 Å². The van der Waals surface area contributed by atoms with E-state index in [4.69, 9.17) is 4.98 Å². The second-order valence-corrected chi connectivity index (χ2v) is 7.78. The van der Waals surface area contributed by atoms with Crippen LogP contribution in [0.1, 0.15) is 65.2 Å². The van der Waals surface area contributed by atoms with Crippen LogP contribution < -0.4 is 0 Å². The Balaban J connectivity index is 1.81. The number of nitrogens with zero attached hydrogens (tertiary/aromatic N) is 2. The predicted octanol–water partition coefficient (Wildman–Crippen LogP) is 5.32. The van der Waals surface area contributed by atoms with Crippen LogP contribution in [0.15, 0.2) is 48.5 Å². The second-order valence-electron chi connectivity index (χ2n) is 7.78. The van der Waals surface area contributed by atoms with Crippen LogP contribution in [0.4, 0.5) is 4.39 Å². The largest absolute Gasteiger partial charge is 0.269 e. The van der Waals surface area contributed by atoms with Gasteiger partial charge in [-0.15, -0.1) is 0 Å². The van der Waals surface area contributed by atoms with Crippen molar-refractivity contribution in [3.05, 3.63) is 76.7 Å². The number of pyridine rings is 1. The van der Waals surface area contributed by atoms with Crippen molar-refractivity contribution in [1.29, 1.82) is 0 Å². The lowest BCUT2D eigenvalue weighted by molar-refractivity contribution is 0.0594. The number of hydrogen-bond donors (Lipinski definition) is 0. The topological polar surface area (TPSA) is 50.3 Å². The summed E-state index contributed by atoms with van der Waals surface area (Å²) >= 11 is 0. The van der Waals surface area contributed by atoms with E-state index in [1.165, 1.54) is 17.0 Å². The van der Waals surface area contributed by atoms with Crippen LogP contribution in [0.25, 0.3) is 10.9 Å². The maximum absolute atomic E-state index is 13.7. The molecule has 2 aromatic carbocycles. The summed E-state index contributed by atoms with van der Waals surface area (Å²) in [6.45, 7) is 6.10. The minimum absolute atomic E-state index is 0.285. The van der Waals surface area contributed by atoms with Crippen LogP contribution in [0, 0.1) is 11.7 Å². The van der Waals surface area contributed by atoms with Crippen LogP contribution in [-0.4, -0.2) is 21.7 Å². The number of halogens is 1. The van der Waals surface area contributed by atoms with Crippen LogP contribution in [0.5, 0.6) is 0 Å². The molecule has 148 valence electrons. The van der Waals surface area contributed by atoms with Gasteiger partial charge in [0, 0.05) is 17.1 Å². The fourth-order valence-electron chi connectivity index (χ4n) is 3.89. The molecule has 0 fully saturated rings. The predicted molar refractivity (Wildman–Crippen MR) is 110 cm³/mol. The summed E-state index contributed by atoms with van der Waals surface area (Å²) in [5.74, 6) is -0.527. The molecule has 0 saturated carbocycles. The fourth-order valence-corrected chi connectivity index (χ4v) is 3.89. The van der Waals surface area contributed by atoms with Gasteiger partial charge in [0.25, 0.3) is 11.8 Å². The van der Waals surface area contributed by atoms with Crippen LogP contribution in [0.3, 0.4) is 0 Å². The van der Waals surface area contributed by atoms with Gasteiger partial charge in [-0.2, -0.15) is 0 Å². The third-order valence-corrected chi connectivity index (χ3v) is 5.79. The van der Waals surface area contributed by atoms with Crippen molar-refractivity contribution in [2.75, 3.05) is 0 Å². The molecule has 0 radical (unpaired) electrons. The Bertz CT molecular complexity index is 1090. The monoisotopic (exact) mass is 390 g/mol. The molecule has 4 nitrogen and oxygen atoms in total. The van der Waals surface area contributed by atoms with Gasteiger partial charge in [0.1, 0.15) is 5.82 Å². The molecular weight excluding hydrogens is 367 g/mol. The molecule has 1 aromatic heterocycles. The first-order chi connectivity index (χ1) is 13.9. The number of fused-ring (bicyclic) bond motifs is 2. The van der Waals surface area contributed by atoms with Gasteiger partial charge in [-0.1, -0.05) is 32.4 Å². The van der Waals surface area contributed by atoms with Crippen molar-refractivity contribution in [1.82, 2.24) is 9.88 Å². The van der Waals surface area contributed by atoms with Crippen LogP contribution in [-0.2, 0) is 6.42 Å². The summed E-state index contributed by atoms with van der Waals surface area (Å²) in [7, 11) is 0. The molecule has 0 saturated heterocycles. The van der Waals surface area contributed by atoms with Gasteiger partial charge in [0.2, 0.25) is 0 Å². The first-order valence-corrected chi connectivity index (χ1v) is 9.96. The molecule has 2 heterocycles. The zero-order valence-corrected chi connectivity index (χ0v) is 16.8. The zero-order chi connectivity index (χ0) is 20.7. The summed E-state index contributed by atoms with van der Waals surface area (Å²) in [5.41, 5.74) is 3.09. The summed E-state index contributed by atoms with van der Waals surface area (Å²) in [6.07, 6.45) is 1.68. The molecule has 0 N–H and O–H groups in total. The van der Waals surface area contributed by atoms with E-state index >= 15 is 0 Å². The lowest BCUT2D eigenvalue weighted by Gasteiger charge is -2.26. The Morgan fingerprint density at radius 1 is 1.00 bits per heavy atom. The maximum atomic E-state index is 13.7. The maximum Gasteiger partial charge on any atom is 0.262 e. The molecule has 1 unspecified atom stereocenters. The number of rotatable bonds is 5. The zero-order valence-electron chi connectivity index (χ0n) is 16.8.